The van der Waals surface area contributed by atoms with Gasteiger partial charge in [0.2, 0.25) is 5.91 Å². The van der Waals surface area contributed by atoms with Crippen molar-refractivity contribution in [2.24, 2.45) is 0 Å². The summed E-state index contributed by atoms with van der Waals surface area (Å²) in [5.41, 5.74) is 2.71. The van der Waals surface area contributed by atoms with Crippen molar-refractivity contribution in [3.63, 3.8) is 0 Å². The van der Waals surface area contributed by atoms with Gasteiger partial charge in [0.05, 0.1) is 12.1 Å². The van der Waals surface area contributed by atoms with Crippen molar-refractivity contribution < 1.29 is 9.90 Å². The summed E-state index contributed by atoms with van der Waals surface area (Å²) in [4.78, 5) is 14.2. The van der Waals surface area contributed by atoms with Crippen molar-refractivity contribution in [3.8, 4) is 5.75 Å². The van der Waals surface area contributed by atoms with Crippen molar-refractivity contribution in [2.45, 2.75) is 20.3 Å². The summed E-state index contributed by atoms with van der Waals surface area (Å²) in [6.45, 7) is 4.44. The highest BCUT2D eigenvalue weighted by atomic mass is 79.9. The molecule has 0 aliphatic rings. The summed E-state index contributed by atoms with van der Waals surface area (Å²) < 4.78 is 0.995. The van der Waals surface area contributed by atoms with Crippen LogP contribution in [0.3, 0.4) is 0 Å². The van der Waals surface area contributed by atoms with Crippen LogP contribution in [0.25, 0.3) is 0 Å². The quantitative estimate of drug-likeness (QED) is 0.905. The lowest BCUT2D eigenvalue weighted by Crippen LogP contribution is -2.32. The minimum atomic E-state index is 0.0218. The van der Waals surface area contributed by atoms with E-state index in [1.165, 1.54) is 0 Å². The average Bonchev–Trinajstić information content (AvgIpc) is 2.46. The Kier molecular flexibility index (Phi) is 5.02. The van der Waals surface area contributed by atoms with Gasteiger partial charge in [0.15, 0.2) is 0 Å². The van der Waals surface area contributed by atoms with Crippen LogP contribution in [0.5, 0.6) is 5.75 Å². The third-order valence-electron chi connectivity index (χ3n) is 3.37. The van der Waals surface area contributed by atoms with Gasteiger partial charge in [-0.1, -0.05) is 34.1 Å². The summed E-state index contributed by atoms with van der Waals surface area (Å²) in [5, 5.41) is 9.64. The number of likely N-dealkylation sites (N-methyl/N-ethyl adjacent to an activating group) is 1. The van der Waals surface area contributed by atoms with Crippen molar-refractivity contribution in [1.29, 1.82) is 0 Å². The second-order valence-corrected chi connectivity index (χ2v) is 5.83. The van der Waals surface area contributed by atoms with Crippen LogP contribution in [0, 0.1) is 6.92 Å². The topological polar surface area (TPSA) is 40.5 Å². The molecular weight excluding hydrogens is 330 g/mol. The van der Waals surface area contributed by atoms with Gasteiger partial charge in [-0.15, -0.1) is 0 Å². The zero-order chi connectivity index (χ0) is 15.4. The highest BCUT2D eigenvalue weighted by Gasteiger charge is 2.16. The van der Waals surface area contributed by atoms with Gasteiger partial charge in [0.25, 0.3) is 0 Å². The predicted octanol–water partition coefficient (Wildman–Crippen LogP) is 4.06. The van der Waals surface area contributed by atoms with Crippen molar-refractivity contribution in [3.05, 3.63) is 58.1 Å². The largest absolute Gasteiger partial charge is 0.508 e. The molecule has 21 heavy (non-hydrogen) atoms. The van der Waals surface area contributed by atoms with Gasteiger partial charge in [-0.2, -0.15) is 0 Å². The number of hydrogen-bond donors (Lipinski definition) is 1. The summed E-state index contributed by atoms with van der Waals surface area (Å²) >= 11 is 3.39. The maximum atomic E-state index is 12.5. The van der Waals surface area contributed by atoms with E-state index >= 15 is 0 Å². The zero-order valence-electron chi connectivity index (χ0n) is 12.1. The number of phenolic OH excluding ortho intramolecular Hbond substituents is 1. The van der Waals surface area contributed by atoms with Crippen LogP contribution in [0.1, 0.15) is 18.1 Å². The molecule has 0 radical (unpaired) electrons. The van der Waals surface area contributed by atoms with Gasteiger partial charge < -0.3 is 10.0 Å². The summed E-state index contributed by atoms with van der Waals surface area (Å²) in [6.07, 6.45) is 0.343. The van der Waals surface area contributed by atoms with E-state index < -0.39 is 0 Å². The Morgan fingerprint density at radius 3 is 2.48 bits per heavy atom. The number of anilines is 1. The highest BCUT2D eigenvalue weighted by molar-refractivity contribution is 9.10. The first kappa shape index (κ1) is 15.6. The van der Waals surface area contributed by atoms with Crippen LogP contribution in [0.2, 0.25) is 0 Å². The van der Waals surface area contributed by atoms with E-state index in [-0.39, 0.29) is 11.7 Å². The van der Waals surface area contributed by atoms with E-state index in [1.807, 2.05) is 44.2 Å². The Labute approximate surface area is 133 Å². The van der Waals surface area contributed by atoms with Crippen molar-refractivity contribution >= 4 is 27.5 Å². The lowest BCUT2D eigenvalue weighted by atomic mass is 10.1. The standard InChI is InChI=1S/C17H18BrNO2/c1-3-19(16-11-15(20)9-4-12(16)2)17(21)10-13-5-7-14(18)8-6-13/h4-9,11,20H,3,10H2,1-2H3. The van der Waals surface area contributed by atoms with Gasteiger partial charge >= 0.3 is 0 Å². The molecule has 0 spiro atoms. The van der Waals surface area contributed by atoms with Gasteiger partial charge in [-0.3, -0.25) is 4.79 Å². The van der Waals surface area contributed by atoms with Crippen LogP contribution in [-0.2, 0) is 11.2 Å². The highest BCUT2D eigenvalue weighted by Crippen LogP contribution is 2.25. The molecule has 2 aromatic rings. The fourth-order valence-corrected chi connectivity index (χ4v) is 2.51. The minimum absolute atomic E-state index is 0.0218. The maximum Gasteiger partial charge on any atom is 0.231 e. The summed E-state index contributed by atoms with van der Waals surface area (Å²) in [7, 11) is 0. The number of halogens is 1. The summed E-state index contributed by atoms with van der Waals surface area (Å²) in [6, 6.07) is 12.8. The number of rotatable bonds is 4. The minimum Gasteiger partial charge on any atom is -0.508 e. The number of hydrogen-bond acceptors (Lipinski definition) is 2. The van der Waals surface area contributed by atoms with E-state index in [0.717, 1.165) is 21.3 Å². The van der Waals surface area contributed by atoms with Crippen molar-refractivity contribution in [1.82, 2.24) is 0 Å². The van der Waals surface area contributed by atoms with Crippen LogP contribution in [-0.4, -0.2) is 17.6 Å². The zero-order valence-corrected chi connectivity index (χ0v) is 13.7. The molecule has 0 unspecified atom stereocenters. The third-order valence-corrected chi connectivity index (χ3v) is 3.90. The molecule has 0 bridgehead atoms. The number of amides is 1. The normalized spacial score (nSPS) is 10.4. The van der Waals surface area contributed by atoms with Crippen LogP contribution >= 0.6 is 15.9 Å². The first-order valence-corrected chi connectivity index (χ1v) is 7.65. The molecule has 0 aliphatic carbocycles. The van der Waals surface area contributed by atoms with Crippen LogP contribution < -0.4 is 4.90 Å². The molecular formula is C17H18BrNO2. The fraction of sp³-hybridized carbons (Fsp3) is 0.235. The van der Waals surface area contributed by atoms with E-state index in [2.05, 4.69) is 15.9 Å². The van der Waals surface area contributed by atoms with E-state index in [4.69, 9.17) is 0 Å². The molecule has 2 aromatic carbocycles. The molecule has 4 heteroatoms. The van der Waals surface area contributed by atoms with E-state index in [0.29, 0.717) is 13.0 Å². The Bertz CT molecular complexity index is 638. The van der Waals surface area contributed by atoms with Gasteiger partial charge in [0, 0.05) is 17.1 Å². The molecule has 0 atom stereocenters. The Morgan fingerprint density at radius 2 is 1.86 bits per heavy atom. The van der Waals surface area contributed by atoms with Gasteiger partial charge in [-0.25, -0.2) is 0 Å². The van der Waals surface area contributed by atoms with Gasteiger partial charge in [-0.05, 0) is 43.2 Å². The number of phenols is 1. The molecule has 0 aliphatic heterocycles. The molecule has 0 heterocycles. The smallest absolute Gasteiger partial charge is 0.231 e. The van der Waals surface area contributed by atoms with E-state index in [9.17, 15) is 9.90 Å². The molecule has 2 rings (SSSR count). The number of aromatic hydroxyl groups is 1. The summed E-state index contributed by atoms with van der Waals surface area (Å²) in [5.74, 6) is 0.194. The first-order valence-electron chi connectivity index (χ1n) is 6.85. The fourth-order valence-electron chi connectivity index (χ4n) is 2.24. The lowest BCUT2D eigenvalue weighted by molar-refractivity contribution is -0.117. The molecule has 1 N–H and O–H groups in total. The number of carbonyl (C=O) groups excluding carboxylic acids is 1. The monoisotopic (exact) mass is 347 g/mol. The van der Waals surface area contributed by atoms with Crippen LogP contribution in [0.15, 0.2) is 46.9 Å². The second-order valence-electron chi connectivity index (χ2n) is 4.91. The second kappa shape index (κ2) is 6.76. The Balaban J connectivity index is 2.22. The number of aryl methyl sites for hydroxylation is 1. The molecule has 3 nitrogen and oxygen atoms in total. The molecule has 0 saturated carbocycles. The average molecular weight is 348 g/mol. The molecule has 1 amide bonds. The van der Waals surface area contributed by atoms with E-state index in [1.54, 1.807) is 17.0 Å². The molecule has 0 fully saturated rings. The maximum absolute atomic E-state index is 12.5. The lowest BCUT2D eigenvalue weighted by Gasteiger charge is -2.23. The Hall–Kier alpha value is -1.81. The number of benzene rings is 2. The van der Waals surface area contributed by atoms with Crippen LogP contribution in [0.4, 0.5) is 5.69 Å². The molecule has 0 aromatic heterocycles. The number of nitrogens with zero attached hydrogens (tertiary/aromatic N) is 1. The SMILES string of the molecule is CCN(C(=O)Cc1ccc(Br)cc1)c1cc(O)ccc1C. The van der Waals surface area contributed by atoms with Crippen molar-refractivity contribution in [2.75, 3.05) is 11.4 Å². The number of carbonyl (C=O) groups is 1. The predicted molar refractivity (Wildman–Crippen MR) is 88.7 cm³/mol. The first-order chi connectivity index (χ1) is 10.0. The third kappa shape index (κ3) is 3.85. The van der Waals surface area contributed by atoms with Gasteiger partial charge in [0.1, 0.15) is 5.75 Å². The Morgan fingerprint density at radius 1 is 1.19 bits per heavy atom. The molecule has 0 saturated heterocycles. The molecule has 110 valence electrons.